The van der Waals surface area contributed by atoms with Crippen molar-refractivity contribution < 1.29 is 4.79 Å². The Balaban J connectivity index is 1.88. The van der Waals surface area contributed by atoms with Crippen molar-refractivity contribution in [2.24, 2.45) is 0 Å². The van der Waals surface area contributed by atoms with E-state index < -0.39 is 0 Å². The number of hydrogen-bond donors (Lipinski definition) is 3. The summed E-state index contributed by atoms with van der Waals surface area (Å²) in [6.45, 7) is 1.50. The van der Waals surface area contributed by atoms with Crippen molar-refractivity contribution in [1.82, 2.24) is 5.32 Å². The molecule has 1 aromatic carbocycles. The molecule has 3 N–H and O–H groups in total. The van der Waals surface area contributed by atoms with Crippen LogP contribution in [-0.4, -0.2) is 17.1 Å². The molecule has 0 radical (unpaired) electrons. The number of nitrogens with one attached hydrogen (secondary N) is 3. The maximum atomic E-state index is 11.0. The molecule has 0 saturated heterocycles. The van der Waals surface area contributed by atoms with Crippen LogP contribution in [0.3, 0.4) is 0 Å². The average Bonchev–Trinajstić information content (AvgIpc) is 2.39. The van der Waals surface area contributed by atoms with Gasteiger partial charge in [-0.15, -0.1) is 0 Å². The van der Waals surface area contributed by atoms with Crippen LogP contribution in [0.15, 0.2) is 24.3 Å². The number of carbonyl (C=O) groups is 1. The van der Waals surface area contributed by atoms with E-state index in [-0.39, 0.29) is 5.91 Å². The van der Waals surface area contributed by atoms with Gasteiger partial charge in [0.05, 0.1) is 0 Å². The summed E-state index contributed by atoms with van der Waals surface area (Å²) in [7, 11) is 0. The summed E-state index contributed by atoms with van der Waals surface area (Å²) < 4.78 is 0. The molecule has 0 aromatic heterocycles. The van der Waals surface area contributed by atoms with Crippen LogP contribution in [0.25, 0.3) is 0 Å². The van der Waals surface area contributed by atoms with Crippen LogP contribution in [0.4, 0.5) is 11.4 Å². The second-order valence-corrected chi connectivity index (χ2v) is 5.60. The molecule has 0 bridgehead atoms. The van der Waals surface area contributed by atoms with E-state index in [1.54, 1.807) is 0 Å². The van der Waals surface area contributed by atoms with Gasteiger partial charge in [0.2, 0.25) is 5.91 Å². The van der Waals surface area contributed by atoms with Gasteiger partial charge in [0.1, 0.15) is 0 Å². The number of carbonyl (C=O) groups excluding carboxylic acids is 1. The first-order valence-corrected chi connectivity index (χ1v) is 7.49. The Hall–Kier alpha value is -1.62. The molecule has 4 nitrogen and oxygen atoms in total. The summed E-state index contributed by atoms with van der Waals surface area (Å²) in [6, 6.07) is 8.03. The fraction of sp³-hybridized carbons (Fsp3) is 0.467. The second-order valence-electron chi connectivity index (χ2n) is 5.20. The van der Waals surface area contributed by atoms with Crippen LogP contribution in [-0.2, 0) is 4.79 Å². The maximum Gasteiger partial charge on any atom is 0.221 e. The Kier molecular flexibility index (Phi) is 5.35. The molecule has 2 rings (SSSR count). The zero-order valence-corrected chi connectivity index (χ0v) is 12.6. The Bertz CT molecular complexity index is 484. The van der Waals surface area contributed by atoms with Crippen molar-refractivity contribution in [3.05, 3.63) is 24.3 Å². The van der Waals surface area contributed by atoms with E-state index in [0.29, 0.717) is 11.2 Å². The van der Waals surface area contributed by atoms with E-state index in [0.717, 1.165) is 11.4 Å². The molecule has 1 aromatic rings. The van der Waals surface area contributed by atoms with E-state index in [9.17, 15) is 4.79 Å². The van der Waals surface area contributed by atoms with Crippen molar-refractivity contribution in [3.8, 4) is 0 Å². The minimum Gasteiger partial charge on any atom is -0.360 e. The lowest BCUT2D eigenvalue weighted by Crippen LogP contribution is -2.38. The highest BCUT2D eigenvalue weighted by atomic mass is 32.1. The molecular formula is C15H21N3OS. The molecule has 0 aliphatic heterocycles. The molecule has 1 amide bonds. The molecule has 0 atom stereocenters. The summed E-state index contributed by atoms with van der Waals surface area (Å²) >= 11 is 5.34. The predicted octanol–water partition coefficient (Wildman–Crippen LogP) is 3.26. The van der Waals surface area contributed by atoms with Crippen molar-refractivity contribution in [3.63, 3.8) is 0 Å². The van der Waals surface area contributed by atoms with Gasteiger partial charge in [-0.25, -0.2) is 0 Å². The Labute approximate surface area is 125 Å². The first-order chi connectivity index (χ1) is 9.63. The summed E-state index contributed by atoms with van der Waals surface area (Å²) in [6.07, 6.45) is 6.26. The molecular weight excluding hydrogens is 270 g/mol. The molecule has 0 heterocycles. The lowest BCUT2D eigenvalue weighted by atomic mass is 9.96. The van der Waals surface area contributed by atoms with Crippen LogP contribution < -0.4 is 16.0 Å². The summed E-state index contributed by atoms with van der Waals surface area (Å²) in [5.74, 6) is -0.0787. The standard InChI is InChI=1S/C15H21N3OS/c1-11(19)16-13-8-5-9-14(10-13)18-15(20)17-12-6-3-2-4-7-12/h5,8-10,12H,2-4,6-7H2,1H3,(H,16,19)(H2,17,18,20). The van der Waals surface area contributed by atoms with Gasteiger partial charge < -0.3 is 16.0 Å². The quantitative estimate of drug-likeness (QED) is 0.748. The molecule has 108 valence electrons. The Morgan fingerprint density at radius 1 is 1.15 bits per heavy atom. The zero-order chi connectivity index (χ0) is 14.4. The maximum absolute atomic E-state index is 11.0. The van der Waals surface area contributed by atoms with Crippen LogP contribution in [0.2, 0.25) is 0 Å². The van der Waals surface area contributed by atoms with Gasteiger partial charge in [0.15, 0.2) is 5.11 Å². The topological polar surface area (TPSA) is 53.2 Å². The van der Waals surface area contributed by atoms with Gasteiger partial charge >= 0.3 is 0 Å². The number of benzene rings is 1. The van der Waals surface area contributed by atoms with Crippen molar-refractivity contribution in [1.29, 1.82) is 0 Å². The normalized spacial score (nSPS) is 15.4. The minimum absolute atomic E-state index is 0.0787. The van der Waals surface area contributed by atoms with Crippen LogP contribution >= 0.6 is 12.2 Å². The number of rotatable bonds is 3. The highest BCUT2D eigenvalue weighted by molar-refractivity contribution is 7.80. The van der Waals surface area contributed by atoms with Crippen molar-refractivity contribution in [2.75, 3.05) is 10.6 Å². The number of amides is 1. The first-order valence-electron chi connectivity index (χ1n) is 7.08. The molecule has 1 aliphatic carbocycles. The SMILES string of the molecule is CC(=O)Nc1cccc(NC(=S)NC2CCCCC2)c1. The minimum atomic E-state index is -0.0787. The smallest absolute Gasteiger partial charge is 0.221 e. The molecule has 0 unspecified atom stereocenters. The van der Waals surface area contributed by atoms with Gasteiger partial charge in [0.25, 0.3) is 0 Å². The second kappa shape index (κ2) is 7.24. The van der Waals surface area contributed by atoms with Crippen LogP contribution in [0.5, 0.6) is 0 Å². The first kappa shape index (κ1) is 14.8. The lowest BCUT2D eigenvalue weighted by Gasteiger charge is -2.24. The van der Waals surface area contributed by atoms with Crippen LogP contribution in [0.1, 0.15) is 39.0 Å². The van der Waals surface area contributed by atoms with Gasteiger partial charge in [-0.1, -0.05) is 25.3 Å². The van der Waals surface area contributed by atoms with Gasteiger partial charge in [-0.05, 0) is 43.3 Å². The molecule has 1 aliphatic rings. The van der Waals surface area contributed by atoms with E-state index in [4.69, 9.17) is 12.2 Å². The summed E-state index contributed by atoms with van der Waals surface area (Å²) in [5, 5.41) is 9.94. The van der Waals surface area contributed by atoms with E-state index >= 15 is 0 Å². The molecule has 1 fully saturated rings. The van der Waals surface area contributed by atoms with Gasteiger partial charge in [-0.3, -0.25) is 4.79 Å². The number of thiocarbonyl (C=S) groups is 1. The third-order valence-corrected chi connectivity index (χ3v) is 3.60. The third kappa shape index (κ3) is 4.81. The van der Waals surface area contributed by atoms with E-state index in [1.807, 2.05) is 24.3 Å². The van der Waals surface area contributed by atoms with Gasteiger partial charge in [-0.2, -0.15) is 0 Å². The average molecular weight is 291 g/mol. The molecule has 0 spiro atoms. The van der Waals surface area contributed by atoms with E-state index in [1.165, 1.54) is 39.0 Å². The highest BCUT2D eigenvalue weighted by Crippen LogP contribution is 2.18. The predicted molar refractivity (Wildman–Crippen MR) is 87.0 cm³/mol. The summed E-state index contributed by atoms with van der Waals surface area (Å²) in [5.41, 5.74) is 1.65. The zero-order valence-electron chi connectivity index (χ0n) is 11.7. The van der Waals surface area contributed by atoms with Crippen molar-refractivity contribution in [2.45, 2.75) is 45.1 Å². The summed E-state index contributed by atoms with van der Waals surface area (Å²) in [4.78, 5) is 11.0. The number of anilines is 2. The Morgan fingerprint density at radius 2 is 1.80 bits per heavy atom. The number of hydrogen-bond acceptors (Lipinski definition) is 2. The molecule has 5 heteroatoms. The third-order valence-electron chi connectivity index (χ3n) is 3.38. The van der Waals surface area contributed by atoms with Crippen molar-refractivity contribution >= 4 is 34.6 Å². The fourth-order valence-corrected chi connectivity index (χ4v) is 2.76. The molecule has 20 heavy (non-hydrogen) atoms. The largest absolute Gasteiger partial charge is 0.360 e. The lowest BCUT2D eigenvalue weighted by molar-refractivity contribution is -0.114. The highest BCUT2D eigenvalue weighted by Gasteiger charge is 2.13. The molecule has 1 saturated carbocycles. The van der Waals surface area contributed by atoms with E-state index in [2.05, 4.69) is 16.0 Å². The van der Waals surface area contributed by atoms with Gasteiger partial charge in [0, 0.05) is 24.3 Å². The Morgan fingerprint density at radius 3 is 2.45 bits per heavy atom. The monoisotopic (exact) mass is 291 g/mol. The van der Waals surface area contributed by atoms with Crippen LogP contribution in [0, 0.1) is 0 Å². The fourth-order valence-electron chi connectivity index (χ4n) is 2.48.